The first kappa shape index (κ1) is 14.9. The second-order valence-corrected chi connectivity index (χ2v) is 6.16. The molecule has 1 atom stereocenters. The Morgan fingerprint density at radius 3 is 2.60 bits per heavy atom. The highest BCUT2D eigenvalue weighted by atomic mass is 15.3. The minimum Gasteiger partial charge on any atom is -0.382 e. The van der Waals surface area contributed by atoms with E-state index in [2.05, 4.69) is 44.0 Å². The number of hydrogen-bond donors (Lipinski definition) is 1. The van der Waals surface area contributed by atoms with Crippen LogP contribution in [-0.2, 0) is 6.54 Å². The summed E-state index contributed by atoms with van der Waals surface area (Å²) in [6.45, 7) is 5.46. The van der Waals surface area contributed by atoms with Crippen LogP contribution in [0.5, 0.6) is 0 Å². The lowest BCUT2D eigenvalue weighted by atomic mass is 10.0. The molecule has 4 heteroatoms. The van der Waals surface area contributed by atoms with E-state index in [0.29, 0.717) is 17.8 Å². The monoisotopic (exact) mass is 274 g/mol. The average Bonchev–Trinajstić information content (AvgIpc) is 2.71. The number of aromatic nitrogens is 2. The Labute approximate surface area is 121 Å². The van der Waals surface area contributed by atoms with Crippen LogP contribution in [0.25, 0.3) is 10.9 Å². The van der Waals surface area contributed by atoms with Gasteiger partial charge in [-0.15, -0.1) is 0 Å². The second kappa shape index (κ2) is 6.27. The maximum Gasteiger partial charge on any atom is 0.153 e. The summed E-state index contributed by atoms with van der Waals surface area (Å²) in [7, 11) is 4.31. The summed E-state index contributed by atoms with van der Waals surface area (Å²) in [5, 5.41) is 5.53. The van der Waals surface area contributed by atoms with Gasteiger partial charge >= 0.3 is 0 Å². The van der Waals surface area contributed by atoms with Gasteiger partial charge in [0.15, 0.2) is 5.82 Å². The third-order valence-electron chi connectivity index (χ3n) is 3.83. The maximum absolute atomic E-state index is 5.98. The molecule has 4 nitrogen and oxygen atoms in total. The molecule has 1 aromatic carbocycles. The van der Waals surface area contributed by atoms with Gasteiger partial charge in [0.2, 0.25) is 0 Å². The zero-order valence-corrected chi connectivity index (χ0v) is 13.0. The molecular weight excluding hydrogens is 248 g/mol. The summed E-state index contributed by atoms with van der Waals surface area (Å²) >= 11 is 0. The van der Waals surface area contributed by atoms with Crippen molar-refractivity contribution in [2.45, 2.75) is 39.3 Å². The van der Waals surface area contributed by atoms with Crippen LogP contribution in [0.15, 0.2) is 24.3 Å². The largest absolute Gasteiger partial charge is 0.382 e. The van der Waals surface area contributed by atoms with Crippen LogP contribution in [0, 0.1) is 5.92 Å². The number of nitrogens with zero attached hydrogens (tertiary/aromatic N) is 3. The summed E-state index contributed by atoms with van der Waals surface area (Å²) in [5.74, 6) is 1.34. The minimum absolute atomic E-state index is 0.583. The molecule has 0 aliphatic rings. The predicted octanol–water partition coefficient (Wildman–Crippen LogP) is 2.98. The van der Waals surface area contributed by atoms with Gasteiger partial charge in [-0.05, 0) is 45.0 Å². The molecule has 20 heavy (non-hydrogen) atoms. The molecule has 0 radical (unpaired) electrons. The van der Waals surface area contributed by atoms with E-state index in [1.54, 1.807) is 0 Å². The lowest BCUT2D eigenvalue weighted by Gasteiger charge is -2.26. The fourth-order valence-electron chi connectivity index (χ4n) is 2.73. The molecule has 0 saturated heterocycles. The molecule has 2 rings (SSSR count). The van der Waals surface area contributed by atoms with E-state index in [9.17, 15) is 0 Å². The SMILES string of the molecule is CC(C)CC(CCn1nc(N)c2ccccc21)N(C)C. The number of aryl methyl sites for hydroxylation is 1. The number of nitrogens with two attached hydrogens (primary N) is 1. The van der Waals surface area contributed by atoms with E-state index in [-0.39, 0.29) is 0 Å². The number of rotatable bonds is 6. The van der Waals surface area contributed by atoms with Crippen molar-refractivity contribution in [1.29, 1.82) is 0 Å². The molecule has 0 bridgehead atoms. The first-order valence-electron chi connectivity index (χ1n) is 7.36. The summed E-state index contributed by atoms with van der Waals surface area (Å²) in [4.78, 5) is 2.31. The first-order valence-corrected chi connectivity index (χ1v) is 7.36. The molecule has 1 unspecified atom stereocenters. The summed E-state index contributed by atoms with van der Waals surface area (Å²) in [6, 6.07) is 8.75. The smallest absolute Gasteiger partial charge is 0.153 e. The van der Waals surface area contributed by atoms with E-state index in [0.717, 1.165) is 23.9 Å². The topological polar surface area (TPSA) is 47.1 Å². The van der Waals surface area contributed by atoms with E-state index in [4.69, 9.17) is 5.73 Å². The molecule has 0 aliphatic heterocycles. The molecular formula is C16H26N4. The van der Waals surface area contributed by atoms with Crippen LogP contribution in [-0.4, -0.2) is 34.8 Å². The van der Waals surface area contributed by atoms with Crippen LogP contribution < -0.4 is 5.73 Å². The van der Waals surface area contributed by atoms with Gasteiger partial charge in [0.1, 0.15) is 0 Å². The van der Waals surface area contributed by atoms with Crippen molar-refractivity contribution in [3.05, 3.63) is 24.3 Å². The van der Waals surface area contributed by atoms with Crippen LogP contribution in [0.4, 0.5) is 5.82 Å². The lowest BCUT2D eigenvalue weighted by molar-refractivity contribution is 0.232. The number of benzene rings is 1. The van der Waals surface area contributed by atoms with Gasteiger partial charge in [0.25, 0.3) is 0 Å². The Hall–Kier alpha value is -1.55. The number of para-hydroxylation sites is 1. The standard InChI is InChI=1S/C16H26N4/c1-12(2)11-13(19(3)4)9-10-20-15-8-6-5-7-14(15)16(17)18-20/h5-8,12-13H,9-11H2,1-4H3,(H2,17,18). The highest BCUT2D eigenvalue weighted by molar-refractivity contribution is 5.88. The number of anilines is 1. The Morgan fingerprint density at radius 2 is 1.95 bits per heavy atom. The number of nitrogen functional groups attached to an aromatic ring is 1. The Kier molecular flexibility index (Phi) is 4.65. The second-order valence-electron chi connectivity index (χ2n) is 6.16. The number of fused-ring (bicyclic) bond motifs is 1. The molecule has 1 heterocycles. The van der Waals surface area contributed by atoms with Crippen molar-refractivity contribution >= 4 is 16.7 Å². The quantitative estimate of drug-likeness (QED) is 0.881. The molecule has 2 N–H and O–H groups in total. The van der Waals surface area contributed by atoms with Crippen LogP contribution in [0.1, 0.15) is 26.7 Å². The molecule has 0 spiro atoms. The van der Waals surface area contributed by atoms with Crippen molar-refractivity contribution in [1.82, 2.24) is 14.7 Å². The van der Waals surface area contributed by atoms with Crippen LogP contribution >= 0.6 is 0 Å². The summed E-state index contributed by atoms with van der Waals surface area (Å²) in [5.41, 5.74) is 7.11. The van der Waals surface area contributed by atoms with E-state index in [1.807, 2.05) is 22.9 Å². The summed E-state index contributed by atoms with van der Waals surface area (Å²) in [6.07, 6.45) is 2.30. The minimum atomic E-state index is 0.583. The Morgan fingerprint density at radius 1 is 1.25 bits per heavy atom. The van der Waals surface area contributed by atoms with Crippen LogP contribution in [0.2, 0.25) is 0 Å². The van der Waals surface area contributed by atoms with Crippen LogP contribution in [0.3, 0.4) is 0 Å². The van der Waals surface area contributed by atoms with Crippen molar-refractivity contribution in [3.63, 3.8) is 0 Å². The van der Waals surface area contributed by atoms with Crippen molar-refractivity contribution in [2.75, 3.05) is 19.8 Å². The van der Waals surface area contributed by atoms with Gasteiger partial charge in [-0.3, -0.25) is 4.68 Å². The lowest BCUT2D eigenvalue weighted by Crippen LogP contribution is -2.30. The summed E-state index contributed by atoms with van der Waals surface area (Å²) < 4.78 is 2.04. The highest BCUT2D eigenvalue weighted by Gasteiger charge is 2.15. The number of hydrogen-bond acceptors (Lipinski definition) is 3. The van der Waals surface area contributed by atoms with Crippen molar-refractivity contribution < 1.29 is 0 Å². The molecule has 0 saturated carbocycles. The van der Waals surface area contributed by atoms with Gasteiger partial charge < -0.3 is 10.6 Å². The van der Waals surface area contributed by atoms with Gasteiger partial charge in [-0.25, -0.2) is 0 Å². The Balaban J connectivity index is 2.12. The van der Waals surface area contributed by atoms with Gasteiger partial charge in [-0.1, -0.05) is 26.0 Å². The highest BCUT2D eigenvalue weighted by Crippen LogP contribution is 2.21. The molecule has 0 fully saturated rings. The van der Waals surface area contributed by atoms with E-state index >= 15 is 0 Å². The molecule has 1 aromatic heterocycles. The maximum atomic E-state index is 5.98. The predicted molar refractivity (Wildman–Crippen MR) is 85.7 cm³/mol. The molecule has 0 aliphatic carbocycles. The third-order valence-corrected chi connectivity index (χ3v) is 3.83. The molecule has 2 aromatic rings. The first-order chi connectivity index (χ1) is 9.49. The normalized spacial score (nSPS) is 13.5. The molecule has 110 valence electrons. The average molecular weight is 274 g/mol. The molecule has 0 amide bonds. The zero-order valence-electron chi connectivity index (χ0n) is 13.0. The fraction of sp³-hybridized carbons (Fsp3) is 0.562. The zero-order chi connectivity index (χ0) is 14.7. The van der Waals surface area contributed by atoms with Crippen molar-refractivity contribution in [3.8, 4) is 0 Å². The van der Waals surface area contributed by atoms with E-state index in [1.165, 1.54) is 6.42 Å². The van der Waals surface area contributed by atoms with Gasteiger partial charge in [0.05, 0.1) is 5.52 Å². The van der Waals surface area contributed by atoms with Crippen molar-refractivity contribution in [2.24, 2.45) is 5.92 Å². The fourth-order valence-corrected chi connectivity index (χ4v) is 2.73. The third kappa shape index (κ3) is 3.31. The van der Waals surface area contributed by atoms with Gasteiger partial charge in [-0.2, -0.15) is 5.10 Å². The Bertz CT molecular complexity index is 557. The van der Waals surface area contributed by atoms with Gasteiger partial charge in [0, 0.05) is 18.0 Å². The van der Waals surface area contributed by atoms with E-state index < -0.39 is 0 Å².